The Hall–Kier alpha value is -2.90. The van der Waals surface area contributed by atoms with Gasteiger partial charge < -0.3 is 14.2 Å². The molecule has 0 saturated heterocycles. The Bertz CT molecular complexity index is 1180. The molecule has 8 heteroatoms. The van der Waals surface area contributed by atoms with E-state index in [0.29, 0.717) is 27.8 Å². The summed E-state index contributed by atoms with van der Waals surface area (Å²) in [7, 11) is -0.841. The zero-order chi connectivity index (χ0) is 21.9. The summed E-state index contributed by atoms with van der Waals surface area (Å²) in [5.74, 6) is 1.87. The molecule has 0 aromatic heterocycles. The number of ether oxygens (including phenoxy) is 3. The molecule has 0 spiro atoms. The minimum absolute atomic E-state index is 0.143. The number of nitrogens with one attached hydrogen (secondary N) is 1. The molecule has 3 rings (SSSR count). The lowest BCUT2D eigenvalue weighted by molar-refractivity contribution is 0.379. The summed E-state index contributed by atoms with van der Waals surface area (Å²) < 4.78 is 45.4. The maximum Gasteiger partial charge on any atom is 0.262 e. The number of anilines is 1. The van der Waals surface area contributed by atoms with Crippen LogP contribution in [0, 0.1) is 13.8 Å². The molecule has 0 heterocycles. The van der Waals surface area contributed by atoms with E-state index in [1.807, 2.05) is 13.0 Å². The number of hydrogen-bond donors (Lipinski definition) is 1. The molecule has 0 unspecified atom stereocenters. The van der Waals surface area contributed by atoms with Gasteiger partial charge in [0.2, 0.25) is 0 Å². The van der Waals surface area contributed by atoms with Crippen molar-refractivity contribution in [2.24, 2.45) is 0 Å². The molecule has 158 valence electrons. The van der Waals surface area contributed by atoms with E-state index in [1.54, 1.807) is 50.4 Å². The van der Waals surface area contributed by atoms with Crippen LogP contribution in [0.5, 0.6) is 23.0 Å². The second-order valence-electron chi connectivity index (χ2n) is 6.51. The summed E-state index contributed by atoms with van der Waals surface area (Å²) in [5.41, 5.74) is 1.55. The predicted octanol–water partition coefficient (Wildman–Crippen LogP) is 5.57. The Morgan fingerprint density at radius 3 is 2.10 bits per heavy atom. The Morgan fingerprint density at radius 1 is 0.800 bits per heavy atom. The lowest BCUT2D eigenvalue weighted by Crippen LogP contribution is -2.15. The van der Waals surface area contributed by atoms with Gasteiger partial charge in [-0.1, -0.05) is 23.7 Å². The van der Waals surface area contributed by atoms with Gasteiger partial charge in [-0.25, -0.2) is 8.42 Å². The number of halogens is 1. The van der Waals surface area contributed by atoms with E-state index < -0.39 is 10.0 Å². The van der Waals surface area contributed by atoms with Crippen molar-refractivity contribution >= 4 is 27.3 Å². The van der Waals surface area contributed by atoms with Gasteiger partial charge >= 0.3 is 0 Å². The smallest absolute Gasteiger partial charge is 0.262 e. The first-order valence-electron chi connectivity index (χ1n) is 9.04. The van der Waals surface area contributed by atoms with E-state index in [0.717, 1.165) is 5.56 Å². The third-order valence-electron chi connectivity index (χ3n) is 4.67. The number of sulfonamides is 1. The standard InChI is InChI=1S/C22H22ClNO5S/c1-14-15(2)22(12-11-18(14)27-3)30(25,26)24-17-13-16(23)9-10-19(17)29-21-8-6-5-7-20(21)28-4/h5-13,24H,1-4H3. The molecule has 0 bridgehead atoms. The highest BCUT2D eigenvalue weighted by atomic mass is 35.5. The first-order valence-corrected chi connectivity index (χ1v) is 10.9. The van der Waals surface area contributed by atoms with Crippen LogP contribution in [0.4, 0.5) is 5.69 Å². The highest BCUT2D eigenvalue weighted by Gasteiger charge is 2.22. The van der Waals surface area contributed by atoms with Gasteiger partial charge in [-0.05, 0) is 67.4 Å². The highest BCUT2D eigenvalue weighted by Crippen LogP contribution is 2.37. The molecular weight excluding hydrogens is 426 g/mol. The largest absolute Gasteiger partial charge is 0.496 e. The van der Waals surface area contributed by atoms with Crippen LogP contribution in [0.25, 0.3) is 0 Å². The third kappa shape index (κ3) is 4.47. The normalized spacial score (nSPS) is 11.1. The molecule has 6 nitrogen and oxygen atoms in total. The van der Waals surface area contributed by atoms with Crippen LogP contribution >= 0.6 is 11.6 Å². The van der Waals surface area contributed by atoms with E-state index >= 15 is 0 Å². The second-order valence-corrected chi connectivity index (χ2v) is 8.60. The first kappa shape index (κ1) is 21.8. The van der Waals surface area contributed by atoms with E-state index in [2.05, 4.69) is 4.72 Å². The minimum Gasteiger partial charge on any atom is -0.496 e. The molecule has 0 saturated carbocycles. The minimum atomic E-state index is -3.91. The van der Waals surface area contributed by atoms with Crippen LogP contribution in [0.1, 0.15) is 11.1 Å². The molecule has 3 aromatic carbocycles. The van der Waals surface area contributed by atoms with Crippen LogP contribution in [0.3, 0.4) is 0 Å². The average molecular weight is 448 g/mol. The second kappa shape index (κ2) is 8.85. The summed E-state index contributed by atoms with van der Waals surface area (Å²) in [6.45, 7) is 3.54. The Labute approximate surface area is 181 Å². The Balaban J connectivity index is 2.00. The van der Waals surface area contributed by atoms with Crippen molar-refractivity contribution in [1.29, 1.82) is 0 Å². The summed E-state index contributed by atoms with van der Waals surface area (Å²) in [6, 6.07) is 14.9. The summed E-state index contributed by atoms with van der Waals surface area (Å²) in [4.78, 5) is 0.143. The topological polar surface area (TPSA) is 73.9 Å². The summed E-state index contributed by atoms with van der Waals surface area (Å²) in [6.07, 6.45) is 0. The van der Waals surface area contributed by atoms with Crippen LogP contribution in [-0.2, 0) is 10.0 Å². The summed E-state index contributed by atoms with van der Waals surface area (Å²) >= 11 is 6.12. The van der Waals surface area contributed by atoms with Crippen LogP contribution in [0.2, 0.25) is 5.02 Å². The molecule has 0 radical (unpaired) electrons. The van der Waals surface area contributed by atoms with Crippen LogP contribution in [0.15, 0.2) is 59.5 Å². The van der Waals surface area contributed by atoms with Crippen LogP contribution < -0.4 is 18.9 Å². The molecule has 0 aliphatic heterocycles. The van der Waals surface area contributed by atoms with Crippen molar-refractivity contribution in [1.82, 2.24) is 0 Å². The van der Waals surface area contributed by atoms with Crippen molar-refractivity contribution < 1.29 is 22.6 Å². The maximum atomic E-state index is 13.1. The molecule has 30 heavy (non-hydrogen) atoms. The van der Waals surface area contributed by atoms with Crippen molar-refractivity contribution in [3.05, 3.63) is 70.7 Å². The van der Waals surface area contributed by atoms with Gasteiger partial charge in [-0.15, -0.1) is 0 Å². The first-order chi connectivity index (χ1) is 14.3. The third-order valence-corrected chi connectivity index (χ3v) is 6.42. The van der Waals surface area contributed by atoms with Crippen LogP contribution in [-0.4, -0.2) is 22.6 Å². The molecule has 0 amide bonds. The lowest BCUT2D eigenvalue weighted by atomic mass is 10.1. The van der Waals surface area contributed by atoms with Crippen molar-refractivity contribution in [3.63, 3.8) is 0 Å². The number of hydrogen-bond acceptors (Lipinski definition) is 5. The summed E-state index contributed by atoms with van der Waals surface area (Å²) in [5, 5.41) is 0.364. The fourth-order valence-corrected chi connectivity index (χ4v) is 4.51. The SMILES string of the molecule is COc1ccccc1Oc1ccc(Cl)cc1NS(=O)(=O)c1ccc(OC)c(C)c1C. The zero-order valence-corrected chi connectivity index (χ0v) is 18.6. The average Bonchev–Trinajstić information content (AvgIpc) is 2.72. The van der Waals surface area contributed by atoms with E-state index in [9.17, 15) is 8.42 Å². The Morgan fingerprint density at radius 2 is 1.43 bits per heavy atom. The molecule has 0 aliphatic carbocycles. The zero-order valence-electron chi connectivity index (χ0n) is 17.0. The maximum absolute atomic E-state index is 13.1. The number of rotatable bonds is 7. The van der Waals surface area contributed by atoms with Gasteiger partial charge in [0.05, 0.1) is 24.8 Å². The van der Waals surface area contributed by atoms with Gasteiger partial charge in [0.1, 0.15) is 5.75 Å². The Kier molecular flexibility index (Phi) is 6.43. The van der Waals surface area contributed by atoms with Gasteiger partial charge in [0.25, 0.3) is 10.0 Å². The van der Waals surface area contributed by atoms with Crippen molar-refractivity contribution in [2.75, 3.05) is 18.9 Å². The molecule has 3 aromatic rings. The van der Waals surface area contributed by atoms with Gasteiger partial charge in [-0.3, -0.25) is 4.72 Å². The van der Waals surface area contributed by atoms with E-state index in [4.69, 9.17) is 25.8 Å². The van der Waals surface area contributed by atoms with E-state index in [-0.39, 0.29) is 16.3 Å². The number of para-hydroxylation sites is 2. The number of benzene rings is 3. The lowest BCUT2D eigenvalue weighted by Gasteiger charge is -2.17. The van der Waals surface area contributed by atoms with Crippen molar-refractivity contribution in [3.8, 4) is 23.0 Å². The van der Waals surface area contributed by atoms with Gasteiger partial charge in [0, 0.05) is 5.02 Å². The molecule has 0 aliphatic rings. The molecule has 0 fully saturated rings. The highest BCUT2D eigenvalue weighted by molar-refractivity contribution is 7.92. The quantitative estimate of drug-likeness (QED) is 0.512. The molecule has 1 N–H and O–H groups in total. The fraction of sp³-hybridized carbons (Fsp3) is 0.182. The number of methoxy groups -OCH3 is 2. The monoisotopic (exact) mass is 447 g/mol. The molecular formula is C22H22ClNO5S. The predicted molar refractivity (Wildman–Crippen MR) is 118 cm³/mol. The van der Waals surface area contributed by atoms with Crippen molar-refractivity contribution in [2.45, 2.75) is 18.7 Å². The fourth-order valence-electron chi connectivity index (χ4n) is 2.98. The molecule has 0 atom stereocenters. The van der Waals surface area contributed by atoms with Gasteiger partial charge in [0.15, 0.2) is 17.2 Å². The van der Waals surface area contributed by atoms with E-state index in [1.165, 1.54) is 19.2 Å². The van der Waals surface area contributed by atoms with Gasteiger partial charge in [-0.2, -0.15) is 0 Å².